The van der Waals surface area contributed by atoms with E-state index in [1.807, 2.05) is 71.1 Å². The first kappa shape index (κ1) is 21.3. The van der Waals surface area contributed by atoms with E-state index in [2.05, 4.69) is 14.3 Å². The highest BCUT2D eigenvalue weighted by molar-refractivity contribution is 7.89. The molecule has 0 fully saturated rings. The number of benzene rings is 2. The molecule has 1 N–H and O–H groups in total. The summed E-state index contributed by atoms with van der Waals surface area (Å²) in [6.07, 6.45) is 4.38. The van der Waals surface area contributed by atoms with Crippen LogP contribution in [0.1, 0.15) is 34.2 Å². The Bertz CT molecular complexity index is 1090. The number of rotatable bonds is 7. The molecule has 154 valence electrons. The van der Waals surface area contributed by atoms with Gasteiger partial charge in [-0.2, -0.15) is 0 Å². The average molecular weight is 412 g/mol. The summed E-state index contributed by atoms with van der Waals surface area (Å²) in [7, 11) is -3.56. The first-order valence-corrected chi connectivity index (χ1v) is 11.4. The lowest BCUT2D eigenvalue weighted by Gasteiger charge is -2.19. The van der Waals surface area contributed by atoms with Gasteiger partial charge < -0.3 is 4.57 Å². The summed E-state index contributed by atoms with van der Waals surface area (Å²) in [5.41, 5.74) is 5.96. The number of hydrogen-bond donors (Lipinski definition) is 1. The minimum atomic E-state index is -3.56. The van der Waals surface area contributed by atoms with Crippen molar-refractivity contribution in [3.63, 3.8) is 0 Å². The van der Waals surface area contributed by atoms with Gasteiger partial charge in [0.2, 0.25) is 10.0 Å². The van der Waals surface area contributed by atoms with Crippen molar-refractivity contribution in [3.8, 4) is 11.4 Å². The van der Waals surface area contributed by atoms with Crippen LogP contribution in [0.25, 0.3) is 11.4 Å². The maximum Gasteiger partial charge on any atom is 0.241 e. The quantitative estimate of drug-likeness (QED) is 0.584. The predicted molar refractivity (Wildman–Crippen MR) is 118 cm³/mol. The summed E-state index contributed by atoms with van der Waals surface area (Å²) in [4.78, 5) is 4.86. The summed E-state index contributed by atoms with van der Waals surface area (Å²) in [5, 5.41) is 0. The Labute approximate surface area is 173 Å². The molecule has 5 nitrogen and oxygen atoms in total. The normalized spacial score (nSPS) is 11.8. The van der Waals surface area contributed by atoms with Gasteiger partial charge in [0, 0.05) is 31.0 Å². The van der Waals surface area contributed by atoms with Crippen molar-refractivity contribution < 1.29 is 8.42 Å². The maximum atomic E-state index is 13.0. The summed E-state index contributed by atoms with van der Waals surface area (Å²) < 4.78 is 30.9. The highest BCUT2D eigenvalue weighted by atomic mass is 32.2. The van der Waals surface area contributed by atoms with E-state index < -0.39 is 10.0 Å². The fourth-order valence-corrected chi connectivity index (χ4v) is 5.40. The van der Waals surface area contributed by atoms with Crippen LogP contribution in [0.15, 0.2) is 47.6 Å². The standard InChI is InChI=1S/C23H29N3O2S/c1-16-17(2)19(4)22(20(5)18(16)3)29(27,28)25-12-9-14-26-15-13-24-23(26)21-10-7-6-8-11-21/h6-8,10-11,13,15,25H,9,12,14H2,1-5H3. The molecule has 0 spiro atoms. The Hall–Kier alpha value is -2.44. The third-order valence-electron chi connectivity index (χ3n) is 5.82. The molecule has 3 aromatic rings. The van der Waals surface area contributed by atoms with Crippen molar-refractivity contribution in [1.29, 1.82) is 0 Å². The SMILES string of the molecule is Cc1c(C)c(C)c(S(=O)(=O)NCCCn2ccnc2-c2ccccc2)c(C)c1C. The average Bonchev–Trinajstić information content (AvgIpc) is 3.17. The van der Waals surface area contributed by atoms with Gasteiger partial charge in [0.15, 0.2) is 0 Å². The van der Waals surface area contributed by atoms with Gasteiger partial charge >= 0.3 is 0 Å². The Balaban J connectivity index is 1.70. The predicted octanol–water partition coefficient (Wildman–Crippen LogP) is 4.46. The van der Waals surface area contributed by atoms with Gasteiger partial charge in [-0.25, -0.2) is 18.1 Å². The van der Waals surface area contributed by atoms with Crippen LogP contribution in [-0.4, -0.2) is 24.5 Å². The van der Waals surface area contributed by atoms with Crippen LogP contribution < -0.4 is 4.72 Å². The maximum absolute atomic E-state index is 13.0. The van der Waals surface area contributed by atoms with Crippen LogP contribution in [0.3, 0.4) is 0 Å². The van der Waals surface area contributed by atoms with Gasteiger partial charge in [-0.1, -0.05) is 30.3 Å². The van der Waals surface area contributed by atoms with Gasteiger partial charge in [-0.3, -0.25) is 0 Å². The first-order valence-electron chi connectivity index (χ1n) is 9.87. The highest BCUT2D eigenvalue weighted by Crippen LogP contribution is 2.29. The second-order valence-corrected chi connectivity index (χ2v) is 9.22. The van der Waals surface area contributed by atoms with E-state index in [9.17, 15) is 8.42 Å². The molecule has 0 atom stereocenters. The lowest BCUT2D eigenvalue weighted by molar-refractivity contribution is 0.569. The molecule has 2 aromatic carbocycles. The number of sulfonamides is 1. The zero-order valence-electron chi connectivity index (χ0n) is 17.8. The van der Waals surface area contributed by atoms with Crippen molar-refractivity contribution in [3.05, 3.63) is 70.5 Å². The number of hydrogen-bond acceptors (Lipinski definition) is 3. The molecule has 1 aromatic heterocycles. The Kier molecular flexibility index (Phi) is 6.24. The van der Waals surface area contributed by atoms with E-state index >= 15 is 0 Å². The molecule has 0 bridgehead atoms. The molecule has 0 radical (unpaired) electrons. The zero-order valence-corrected chi connectivity index (χ0v) is 18.6. The molecule has 0 aliphatic rings. The van der Waals surface area contributed by atoms with Gasteiger partial charge in [0.05, 0.1) is 4.90 Å². The minimum Gasteiger partial charge on any atom is -0.331 e. The number of imidazole rings is 1. The van der Waals surface area contributed by atoms with Crippen LogP contribution in [0.4, 0.5) is 0 Å². The fourth-order valence-electron chi connectivity index (χ4n) is 3.73. The lowest BCUT2D eigenvalue weighted by Crippen LogP contribution is -2.27. The van der Waals surface area contributed by atoms with Crippen molar-refractivity contribution in [1.82, 2.24) is 14.3 Å². The highest BCUT2D eigenvalue weighted by Gasteiger charge is 2.23. The molecule has 0 amide bonds. The Morgan fingerprint density at radius 1 is 0.897 bits per heavy atom. The van der Waals surface area contributed by atoms with E-state index in [0.29, 0.717) is 24.4 Å². The molecule has 0 saturated carbocycles. The third kappa shape index (κ3) is 4.28. The van der Waals surface area contributed by atoms with Crippen molar-refractivity contribution in [2.45, 2.75) is 52.5 Å². The first-order chi connectivity index (χ1) is 13.7. The molecule has 0 saturated heterocycles. The van der Waals surface area contributed by atoms with Crippen LogP contribution in [0.2, 0.25) is 0 Å². The van der Waals surface area contributed by atoms with Crippen molar-refractivity contribution in [2.75, 3.05) is 6.54 Å². The van der Waals surface area contributed by atoms with Gasteiger partial charge in [0.1, 0.15) is 5.82 Å². The van der Waals surface area contributed by atoms with E-state index in [0.717, 1.165) is 39.2 Å². The van der Waals surface area contributed by atoms with E-state index in [-0.39, 0.29) is 0 Å². The molecule has 3 rings (SSSR count). The number of nitrogens with zero attached hydrogens (tertiary/aromatic N) is 2. The molecule has 6 heteroatoms. The molecular formula is C23H29N3O2S. The second-order valence-electron chi connectivity index (χ2n) is 7.52. The smallest absolute Gasteiger partial charge is 0.241 e. The Morgan fingerprint density at radius 2 is 1.48 bits per heavy atom. The molecule has 0 unspecified atom stereocenters. The monoisotopic (exact) mass is 411 g/mol. The summed E-state index contributed by atoms with van der Waals surface area (Å²) in [6.45, 7) is 10.9. The minimum absolute atomic E-state index is 0.375. The molecule has 0 aliphatic heterocycles. The molecule has 1 heterocycles. The van der Waals surface area contributed by atoms with Gasteiger partial charge in [-0.05, 0) is 68.9 Å². The van der Waals surface area contributed by atoms with Crippen LogP contribution in [0.5, 0.6) is 0 Å². The largest absolute Gasteiger partial charge is 0.331 e. The van der Waals surface area contributed by atoms with Gasteiger partial charge in [0.25, 0.3) is 0 Å². The van der Waals surface area contributed by atoms with Crippen molar-refractivity contribution >= 4 is 10.0 Å². The van der Waals surface area contributed by atoms with Crippen LogP contribution >= 0.6 is 0 Å². The van der Waals surface area contributed by atoms with Crippen molar-refractivity contribution in [2.24, 2.45) is 0 Å². The third-order valence-corrected chi connectivity index (χ3v) is 7.55. The number of aromatic nitrogens is 2. The second kappa shape index (κ2) is 8.51. The van der Waals surface area contributed by atoms with Crippen LogP contribution in [-0.2, 0) is 16.6 Å². The fraction of sp³-hybridized carbons (Fsp3) is 0.348. The summed E-state index contributed by atoms with van der Waals surface area (Å²) >= 11 is 0. The number of aryl methyl sites for hydroxylation is 1. The topological polar surface area (TPSA) is 64.0 Å². The summed E-state index contributed by atoms with van der Waals surface area (Å²) in [6, 6.07) is 9.99. The zero-order chi connectivity index (χ0) is 21.2. The lowest BCUT2D eigenvalue weighted by atomic mass is 9.95. The Morgan fingerprint density at radius 3 is 2.10 bits per heavy atom. The number of nitrogens with one attached hydrogen (secondary N) is 1. The van der Waals surface area contributed by atoms with E-state index in [1.54, 1.807) is 6.20 Å². The molecular weight excluding hydrogens is 382 g/mol. The van der Waals surface area contributed by atoms with E-state index in [4.69, 9.17) is 0 Å². The molecule has 0 aliphatic carbocycles. The van der Waals surface area contributed by atoms with Gasteiger partial charge in [-0.15, -0.1) is 0 Å². The molecule has 29 heavy (non-hydrogen) atoms. The van der Waals surface area contributed by atoms with Crippen LogP contribution in [0, 0.1) is 34.6 Å². The van der Waals surface area contributed by atoms with E-state index in [1.165, 1.54) is 0 Å². The summed E-state index contributed by atoms with van der Waals surface area (Å²) in [5.74, 6) is 0.893.